The predicted molar refractivity (Wildman–Crippen MR) is 83.9 cm³/mol. The molecule has 3 nitrogen and oxygen atoms in total. The van der Waals surface area contributed by atoms with Crippen molar-refractivity contribution in [2.24, 2.45) is 12.5 Å². The average molecular weight is 289 g/mol. The van der Waals surface area contributed by atoms with Crippen LogP contribution in [0.4, 0.5) is 0 Å². The molecular formula is C16H23N3S. The van der Waals surface area contributed by atoms with Crippen molar-refractivity contribution in [1.82, 2.24) is 14.9 Å². The molecule has 0 spiro atoms. The van der Waals surface area contributed by atoms with Crippen LogP contribution in [0, 0.1) is 5.41 Å². The summed E-state index contributed by atoms with van der Waals surface area (Å²) in [7, 11) is 2.07. The zero-order valence-corrected chi connectivity index (χ0v) is 13.1. The van der Waals surface area contributed by atoms with Gasteiger partial charge in [0.1, 0.15) is 11.9 Å². The molecule has 1 unspecified atom stereocenters. The van der Waals surface area contributed by atoms with Gasteiger partial charge in [0.05, 0.1) is 0 Å². The molecule has 1 aliphatic rings. The van der Waals surface area contributed by atoms with Gasteiger partial charge in [0.25, 0.3) is 0 Å². The summed E-state index contributed by atoms with van der Waals surface area (Å²) in [5.74, 6) is 1.11. The van der Waals surface area contributed by atoms with Crippen LogP contribution in [0.1, 0.15) is 49.4 Å². The van der Waals surface area contributed by atoms with E-state index < -0.39 is 0 Å². The molecule has 2 aromatic heterocycles. The highest BCUT2D eigenvalue weighted by Crippen LogP contribution is 2.43. The van der Waals surface area contributed by atoms with Crippen molar-refractivity contribution in [3.63, 3.8) is 0 Å². The van der Waals surface area contributed by atoms with Gasteiger partial charge in [-0.25, -0.2) is 4.98 Å². The topological polar surface area (TPSA) is 29.9 Å². The molecule has 1 fully saturated rings. The van der Waals surface area contributed by atoms with E-state index in [-0.39, 0.29) is 6.04 Å². The van der Waals surface area contributed by atoms with Gasteiger partial charge in [-0.05, 0) is 36.1 Å². The van der Waals surface area contributed by atoms with Gasteiger partial charge in [-0.2, -0.15) is 0 Å². The fourth-order valence-electron chi connectivity index (χ4n) is 3.08. The van der Waals surface area contributed by atoms with Gasteiger partial charge in [0, 0.05) is 30.9 Å². The first-order chi connectivity index (χ1) is 9.74. The number of aryl methyl sites for hydroxylation is 1. The quantitative estimate of drug-likeness (QED) is 0.878. The molecule has 3 rings (SSSR count). The SMILES string of the molecule is CCC1(CNC(c2cccs2)c2nccn2C)CCC1. The molecule has 0 aliphatic heterocycles. The molecule has 1 atom stereocenters. The predicted octanol–water partition coefficient (Wildman–Crippen LogP) is 3.74. The Kier molecular flexibility index (Phi) is 3.94. The zero-order chi connectivity index (χ0) is 14.0. The second-order valence-electron chi connectivity index (χ2n) is 5.93. The molecule has 108 valence electrons. The normalized spacial score (nSPS) is 18.7. The Morgan fingerprint density at radius 1 is 1.50 bits per heavy atom. The number of nitrogens with one attached hydrogen (secondary N) is 1. The average Bonchev–Trinajstić information content (AvgIpc) is 3.05. The Balaban J connectivity index is 1.78. The van der Waals surface area contributed by atoms with Crippen LogP contribution in [-0.4, -0.2) is 16.1 Å². The first-order valence-corrected chi connectivity index (χ1v) is 8.36. The molecule has 0 amide bonds. The monoisotopic (exact) mass is 289 g/mol. The van der Waals surface area contributed by atoms with E-state index >= 15 is 0 Å². The summed E-state index contributed by atoms with van der Waals surface area (Å²) >= 11 is 1.81. The van der Waals surface area contributed by atoms with Crippen molar-refractivity contribution in [3.8, 4) is 0 Å². The smallest absolute Gasteiger partial charge is 0.131 e. The molecule has 1 N–H and O–H groups in total. The Hall–Kier alpha value is -1.13. The van der Waals surface area contributed by atoms with Gasteiger partial charge in [-0.15, -0.1) is 11.3 Å². The largest absolute Gasteiger partial charge is 0.336 e. The molecule has 1 aliphatic carbocycles. The summed E-state index contributed by atoms with van der Waals surface area (Å²) in [6, 6.07) is 4.55. The lowest BCUT2D eigenvalue weighted by Gasteiger charge is -2.42. The second kappa shape index (κ2) is 5.70. The molecular weight excluding hydrogens is 266 g/mol. The van der Waals surface area contributed by atoms with E-state index in [4.69, 9.17) is 0 Å². The van der Waals surface area contributed by atoms with Gasteiger partial charge in [-0.1, -0.05) is 19.4 Å². The van der Waals surface area contributed by atoms with E-state index in [2.05, 4.69) is 46.4 Å². The van der Waals surface area contributed by atoms with Crippen molar-refractivity contribution >= 4 is 11.3 Å². The summed E-state index contributed by atoms with van der Waals surface area (Å²) < 4.78 is 2.12. The van der Waals surface area contributed by atoms with Crippen LogP contribution < -0.4 is 5.32 Å². The van der Waals surface area contributed by atoms with Gasteiger partial charge < -0.3 is 9.88 Å². The Labute approximate surface area is 125 Å². The van der Waals surface area contributed by atoms with Gasteiger partial charge in [0.15, 0.2) is 0 Å². The van der Waals surface area contributed by atoms with Crippen LogP contribution >= 0.6 is 11.3 Å². The minimum absolute atomic E-state index is 0.221. The number of rotatable bonds is 6. The molecule has 2 heterocycles. The maximum atomic E-state index is 4.55. The number of nitrogens with zero attached hydrogens (tertiary/aromatic N) is 2. The fraction of sp³-hybridized carbons (Fsp3) is 0.562. The minimum Gasteiger partial charge on any atom is -0.336 e. The van der Waals surface area contributed by atoms with Crippen molar-refractivity contribution in [3.05, 3.63) is 40.6 Å². The van der Waals surface area contributed by atoms with Crippen LogP contribution in [0.25, 0.3) is 0 Å². The Morgan fingerprint density at radius 2 is 2.35 bits per heavy atom. The first-order valence-electron chi connectivity index (χ1n) is 7.48. The van der Waals surface area contributed by atoms with Crippen LogP contribution in [0.15, 0.2) is 29.9 Å². The molecule has 0 bridgehead atoms. The summed E-state index contributed by atoms with van der Waals surface area (Å²) in [6.45, 7) is 3.42. The highest BCUT2D eigenvalue weighted by Gasteiger charge is 2.35. The lowest BCUT2D eigenvalue weighted by atomic mass is 9.67. The fourth-order valence-corrected chi connectivity index (χ4v) is 3.88. The zero-order valence-electron chi connectivity index (χ0n) is 12.3. The lowest BCUT2D eigenvalue weighted by Crippen LogP contribution is -2.41. The lowest BCUT2D eigenvalue weighted by molar-refractivity contribution is 0.120. The summed E-state index contributed by atoms with van der Waals surface area (Å²) in [5.41, 5.74) is 0.528. The highest BCUT2D eigenvalue weighted by atomic mass is 32.1. The molecule has 0 saturated heterocycles. The maximum absolute atomic E-state index is 4.55. The molecule has 4 heteroatoms. The standard InChI is InChI=1S/C16H23N3S/c1-3-16(7-5-8-16)12-18-14(13-6-4-11-20-13)15-17-9-10-19(15)2/h4,6,9-11,14,18H,3,5,7-8,12H2,1-2H3. The third-order valence-corrected chi connectivity index (χ3v) is 5.73. The summed E-state index contributed by atoms with van der Waals surface area (Å²) in [6.07, 6.45) is 9.31. The van der Waals surface area contributed by atoms with Crippen LogP contribution in [-0.2, 0) is 7.05 Å². The molecule has 0 radical (unpaired) electrons. The number of hydrogen-bond acceptors (Lipinski definition) is 3. The minimum atomic E-state index is 0.221. The van der Waals surface area contributed by atoms with Gasteiger partial charge in [0.2, 0.25) is 0 Å². The third-order valence-electron chi connectivity index (χ3n) is 4.79. The van der Waals surface area contributed by atoms with Crippen molar-refractivity contribution in [1.29, 1.82) is 0 Å². The number of aromatic nitrogens is 2. The van der Waals surface area contributed by atoms with Crippen molar-refractivity contribution in [2.45, 2.75) is 38.6 Å². The highest BCUT2D eigenvalue weighted by molar-refractivity contribution is 7.10. The third kappa shape index (κ3) is 2.54. The summed E-state index contributed by atoms with van der Waals surface area (Å²) in [5, 5.41) is 5.93. The van der Waals surface area contributed by atoms with E-state index in [0.29, 0.717) is 5.41 Å². The Morgan fingerprint density at radius 3 is 2.85 bits per heavy atom. The van der Waals surface area contributed by atoms with Crippen LogP contribution in [0.5, 0.6) is 0 Å². The molecule has 20 heavy (non-hydrogen) atoms. The van der Waals surface area contributed by atoms with Crippen molar-refractivity contribution in [2.75, 3.05) is 6.54 Å². The first kappa shape index (κ1) is 13.8. The second-order valence-corrected chi connectivity index (χ2v) is 6.91. The molecule has 2 aromatic rings. The molecule has 1 saturated carbocycles. The van der Waals surface area contributed by atoms with E-state index in [1.165, 1.54) is 30.6 Å². The van der Waals surface area contributed by atoms with Crippen molar-refractivity contribution < 1.29 is 0 Å². The van der Waals surface area contributed by atoms with Crippen LogP contribution in [0.2, 0.25) is 0 Å². The molecule has 0 aromatic carbocycles. The van der Waals surface area contributed by atoms with Gasteiger partial charge in [-0.3, -0.25) is 0 Å². The number of thiophene rings is 1. The van der Waals surface area contributed by atoms with E-state index in [1.54, 1.807) is 11.3 Å². The number of hydrogen-bond donors (Lipinski definition) is 1. The van der Waals surface area contributed by atoms with Crippen LogP contribution in [0.3, 0.4) is 0 Å². The maximum Gasteiger partial charge on any atom is 0.131 e. The summed E-state index contributed by atoms with van der Waals surface area (Å²) in [4.78, 5) is 5.90. The van der Waals surface area contributed by atoms with E-state index in [9.17, 15) is 0 Å². The number of imidazole rings is 1. The van der Waals surface area contributed by atoms with Gasteiger partial charge >= 0.3 is 0 Å². The Bertz CT molecular complexity index is 534. The van der Waals surface area contributed by atoms with E-state index in [0.717, 1.165) is 12.4 Å². The van der Waals surface area contributed by atoms with E-state index in [1.807, 2.05) is 12.4 Å².